The number of carboxylic acids is 1. The Morgan fingerprint density at radius 1 is 1.53 bits per heavy atom. The number of methoxy groups -OCH3 is 1. The van der Waals surface area contributed by atoms with Crippen LogP contribution >= 0.6 is 0 Å². The number of piperazine rings is 1. The summed E-state index contributed by atoms with van der Waals surface area (Å²) >= 11 is 0. The van der Waals surface area contributed by atoms with E-state index in [0.29, 0.717) is 6.54 Å². The second-order valence-corrected chi connectivity index (χ2v) is 3.98. The number of ether oxygens (including phenoxy) is 1. The van der Waals surface area contributed by atoms with Gasteiger partial charge in [0, 0.05) is 39.9 Å². The molecule has 5 nitrogen and oxygen atoms in total. The van der Waals surface area contributed by atoms with Gasteiger partial charge in [0.2, 0.25) is 0 Å². The number of carbonyl (C=O) groups is 1. The molecular formula is C10H20N2O3. The molecular weight excluding hydrogens is 196 g/mol. The highest BCUT2D eigenvalue weighted by atomic mass is 16.5. The molecule has 5 heteroatoms. The summed E-state index contributed by atoms with van der Waals surface area (Å²) in [5, 5.41) is 9.01. The molecule has 1 rings (SSSR count). The van der Waals surface area contributed by atoms with Crippen LogP contribution in [0.2, 0.25) is 0 Å². The van der Waals surface area contributed by atoms with E-state index in [9.17, 15) is 4.79 Å². The average Bonchev–Trinajstić information content (AvgIpc) is 2.20. The van der Waals surface area contributed by atoms with Crippen LogP contribution in [-0.4, -0.2) is 73.9 Å². The zero-order valence-electron chi connectivity index (χ0n) is 9.48. The molecule has 1 aliphatic heterocycles. The summed E-state index contributed by atoms with van der Waals surface area (Å²) in [5.74, 6) is -0.728. The third-order valence-electron chi connectivity index (χ3n) is 2.84. The van der Waals surface area contributed by atoms with Gasteiger partial charge in [-0.15, -0.1) is 0 Å². The van der Waals surface area contributed by atoms with Gasteiger partial charge in [-0.3, -0.25) is 14.6 Å². The summed E-state index contributed by atoms with van der Waals surface area (Å²) in [5.41, 5.74) is 0. The molecule has 0 amide bonds. The maximum atomic E-state index is 10.9. The standard InChI is InChI=1S/C10H20N2O3/c1-11-5-6-12(4-3-7-15-2)8-9(11)10(13)14/h9H,3-8H2,1-2H3,(H,13,14). The summed E-state index contributed by atoms with van der Waals surface area (Å²) < 4.78 is 4.97. The van der Waals surface area contributed by atoms with Gasteiger partial charge in [0.15, 0.2) is 0 Å². The van der Waals surface area contributed by atoms with Crippen molar-refractivity contribution in [3.8, 4) is 0 Å². The second kappa shape index (κ2) is 6.05. The van der Waals surface area contributed by atoms with Gasteiger partial charge < -0.3 is 9.84 Å². The summed E-state index contributed by atoms with van der Waals surface area (Å²) in [6.45, 7) is 4.05. The van der Waals surface area contributed by atoms with E-state index in [1.807, 2.05) is 11.9 Å². The number of hydrogen-bond donors (Lipinski definition) is 1. The lowest BCUT2D eigenvalue weighted by molar-refractivity contribution is -0.145. The maximum absolute atomic E-state index is 10.9. The lowest BCUT2D eigenvalue weighted by atomic mass is 10.2. The Morgan fingerprint density at radius 2 is 2.27 bits per heavy atom. The minimum Gasteiger partial charge on any atom is -0.480 e. The third-order valence-corrected chi connectivity index (χ3v) is 2.84. The highest BCUT2D eigenvalue weighted by Gasteiger charge is 2.29. The fraction of sp³-hybridized carbons (Fsp3) is 0.900. The molecule has 0 aliphatic carbocycles. The Hall–Kier alpha value is -0.650. The van der Waals surface area contributed by atoms with Crippen molar-refractivity contribution in [1.29, 1.82) is 0 Å². The van der Waals surface area contributed by atoms with Crippen LogP contribution < -0.4 is 0 Å². The van der Waals surface area contributed by atoms with Crippen molar-refractivity contribution in [2.24, 2.45) is 0 Å². The molecule has 0 aromatic rings. The van der Waals surface area contributed by atoms with Crippen molar-refractivity contribution in [2.75, 3.05) is 46.9 Å². The topological polar surface area (TPSA) is 53.0 Å². The Labute approximate surface area is 90.6 Å². The van der Waals surface area contributed by atoms with E-state index in [2.05, 4.69) is 4.90 Å². The summed E-state index contributed by atoms with van der Waals surface area (Å²) in [6, 6.07) is -0.360. The molecule has 1 N–H and O–H groups in total. The summed E-state index contributed by atoms with van der Waals surface area (Å²) in [7, 11) is 3.55. The molecule has 1 unspecified atom stereocenters. The number of carboxylic acid groups (broad SMARTS) is 1. The fourth-order valence-corrected chi connectivity index (χ4v) is 1.83. The second-order valence-electron chi connectivity index (χ2n) is 3.98. The molecule has 15 heavy (non-hydrogen) atoms. The molecule has 1 heterocycles. The van der Waals surface area contributed by atoms with Gasteiger partial charge in [0.25, 0.3) is 0 Å². The van der Waals surface area contributed by atoms with Crippen molar-refractivity contribution in [1.82, 2.24) is 9.80 Å². The summed E-state index contributed by atoms with van der Waals surface area (Å²) in [6.07, 6.45) is 0.965. The molecule has 0 saturated carbocycles. The van der Waals surface area contributed by atoms with Gasteiger partial charge >= 0.3 is 5.97 Å². The molecule has 0 bridgehead atoms. The molecule has 1 aliphatic rings. The normalized spacial score (nSPS) is 24.3. The lowest BCUT2D eigenvalue weighted by Gasteiger charge is -2.37. The smallest absolute Gasteiger partial charge is 0.322 e. The zero-order chi connectivity index (χ0) is 11.3. The Bertz CT molecular complexity index is 211. The zero-order valence-corrected chi connectivity index (χ0v) is 9.48. The first-order valence-electron chi connectivity index (χ1n) is 5.29. The minimum absolute atomic E-state index is 0.360. The van der Waals surface area contributed by atoms with Crippen molar-refractivity contribution in [3.05, 3.63) is 0 Å². The quantitative estimate of drug-likeness (QED) is 0.641. The van der Waals surface area contributed by atoms with Gasteiger partial charge in [0.05, 0.1) is 0 Å². The number of rotatable bonds is 5. The number of nitrogens with zero attached hydrogens (tertiary/aromatic N) is 2. The van der Waals surface area contributed by atoms with E-state index >= 15 is 0 Å². The van der Waals surface area contributed by atoms with E-state index in [0.717, 1.165) is 32.7 Å². The first kappa shape index (κ1) is 12.4. The van der Waals surface area contributed by atoms with Crippen LogP contribution in [0.25, 0.3) is 0 Å². The van der Waals surface area contributed by atoms with Gasteiger partial charge in [-0.25, -0.2) is 0 Å². The van der Waals surface area contributed by atoms with Gasteiger partial charge in [-0.2, -0.15) is 0 Å². The molecule has 88 valence electrons. The molecule has 0 radical (unpaired) electrons. The first-order chi connectivity index (χ1) is 7.15. The summed E-state index contributed by atoms with van der Waals surface area (Å²) in [4.78, 5) is 15.0. The highest BCUT2D eigenvalue weighted by Crippen LogP contribution is 2.08. The van der Waals surface area contributed by atoms with Crippen LogP contribution in [0.5, 0.6) is 0 Å². The van der Waals surface area contributed by atoms with Crippen LogP contribution in [-0.2, 0) is 9.53 Å². The van der Waals surface area contributed by atoms with Gasteiger partial charge in [0.1, 0.15) is 6.04 Å². The van der Waals surface area contributed by atoms with Gasteiger partial charge in [-0.1, -0.05) is 0 Å². The third kappa shape index (κ3) is 3.77. The molecule has 0 spiro atoms. The fourth-order valence-electron chi connectivity index (χ4n) is 1.83. The Kier molecular flexibility index (Phi) is 5.01. The van der Waals surface area contributed by atoms with E-state index in [4.69, 9.17) is 9.84 Å². The van der Waals surface area contributed by atoms with Crippen LogP contribution in [0.3, 0.4) is 0 Å². The van der Waals surface area contributed by atoms with Crippen LogP contribution in [0.15, 0.2) is 0 Å². The van der Waals surface area contributed by atoms with Crippen LogP contribution in [0, 0.1) is 0 Å². The number of aliphatic carboxylic acids is 1. The largest absolute Gasteiger partial charge is 0.480 e. The van der Waals surface area contributed by atoms with Crippen molar-refractivity contribution in [3.63, 3.8) is 0 Å². The minimum atomic E-state index is -0.728. The van der Waals surface area contributed by atoms with Crippen molar-refractivity contribution in [2.45, 2.75) is 12.5 Å². The monoisotopic (exact) mass is 216 g/mol. The number of likely N-dealkylation sites (N-methyl/N-ethyl adjacent to an activating group) is 1. The Morgan fingerprint density at radius 3 is 2.87 bits per heavy atom. The average molecular weight is 216 g/mol. The SMILES string of the molecule is COCCCN1CCN(C)C(C(=O)O)C1. The van der Waals surface area contributed by atoms with E-state index in [1.54, 1.807) is 7.11 Å². The maximum Gasteiger partial charge on any atom is 0.322 e. The molecule has 1 atom stereocenters. The molecule has 0 aromatic carbocycles. The Balaban J connectivity index is 2.33. The predicted molar refractivity (Wildman–Crippen MR) is 57.0 cm³/mol. The van der Waals surface area contributed by atoms with E-state index < -0.39 is 5.97 Å². The first-order valence-corrected chi connectivity index (χ1v) is 5.29. The van der Waals surface area contributed by atoms with E-state index in [1.165, 1.54) is 0 Å². The number of hydrogen-bond acceptors (Lipinski definition) is 4. The van der Waals surface area contributed by atoms with E-state index in [-0.39, 0.29) is 6.04 Å². The van der Waals surface area contributed by atoms with Gasteiger partial charge in [-0.05, 0) is 13.5 Å². The predicted octanol–water partition coefficient (Wildman–Crippen LogP) is -0.276. The highest BCUT2D eigenvalue weighted by molar-refractivity contribution is 5.73. The van der Waals surface area contributed by atoms with Crippen LogP contribution in [0.1, 0.15) is 6.42 Å². The van der Waals surface area contributed by atoms with Crippen molar-refractivity contribution >= 4 is 5.97 Å². The molecule has 0 aromatic heterocycles. The molecule has 1 saturated heterocycles. The van der Waals surface area contributed by atoms with Crippen LogP contribution in [0.4, 0.5) is 0 Å². The molecule has 1 fully saturated rings. The lowest BCUT2D eigenvalue weighted by Crippen LogP contribution is -2.54. The van der Waals surface area contributed by atoms with Crippen molar-refractivity contribution < 1.29 is 14.6 Å².